The Morgan fingerprint density at radius 3 is 2.54 bits per heavy atom. The molecule has 2 aromatic rings. The van der Waals surface area contributed by atoms with Gasteiger partial charge in [0.2, 0.25) is 5.91 Å². The molecule has 1 N–H and O–H groups in total. The second-order valence-corrected chi connectivity index (χ2v) is 6.55. The van der Waals surface area contributed by atoms with E-state index in [2.05, 4.69) is 29.6 Å². The largest absolute Gasteiger partial charge is 0.496 e. The monoisotopic (exact) mass is 351 g/mol. The maximum atomic E-state index is 12.4. The minimum absolute atomic E-state index is 0.0621. The van der Waals surface area contributed by atoms with Crippen molar-refractivity contribution in [1.82, 2.24) is 5.32 Å². The molecule has 26 heavy (non-hydrogen) atoms. The molecule has 2 aromatic carbocycles. The lowest BCUT2D eigenvalue weighted by molar-refractivity contribution is -0.116. The van der Waals surface area contributed by atoms with Crippen molar-refractivity contribution in [2.75, 3.05) is 26.9 Å². The third-order valence-corrected chi connectivity index (χ3v) is 4.99. The van der Waals surface area contributed by atoms with E-state index in [1.54, 1.807) is 19.3 Å². The summed E-state index contributed by atoms with van der Waals surface area (Å²) in [6, 6.07) is 18.0. The minimum atomic E-state index is -0.0993. The van der Waals surface area contributed by atoms with Crippen molar-refractivity contribution in [1.29, 1.82) is 0 Å². The van der Waals surface area contributed by atoms with Crippen molar-refractivity contribution in [3.05, 3.63) is 71.8 Å². The first-order valence-electron chi connectivity index (χ1n) is 8.96. The van der Waals surface area contributed by atoms with Gasteiger partial charge in [-0.05, 0) is 30.5 Å². The van der Waals surface area contributed by atoms with Crippen LogP contribution in [0.2, 0.25) is 0 Å². The average molecular weight is 351 g/mol. The van der Waals surface area contributed by atoms with Crippen LogP contribution in [0.4, 0.5) is 0 Å². The summed E-state index contributed by atoms with van der Waals surface area (Å²) in [4.78, 5) is 12.4. The SMILES string of the molecule is COc1ccccc1C=CC(=O)NCC1(c2ccccc2)CCOCC1. The van der Waals surface area contributed by atoms with Gasteiger partial charge in [-0.3, -0.25) is 4.79 Å². The molecule has 0 saturated carbocycles. The maximum Gasteiger partial charge on any atom is 0.244 e. The van der Waals surface area contributed by atoms with Crippen LogP contribution in [0.3, 0.4) is 0 Å². The summed E-state index contributed by atoms with van der Waals surface area (Å²) in [7, 11) is 1.63. The van der Waals surface area contributed by atoms with Crippen molar-refractivity contribution in [2.24, 2.45) is 0 Å². The third kappa shape index (κ3) is 4.33. The highest BCUT2D eigenvalue weighted by molar-refractivity contribution is 5.92. The highest BCUT2D eigenvalue weighted by atomic mass is 16.5. The van der Waals surface area contributed by atoms with Gasteiger partial charge < -0.3 is 14.8 Å². The molecule has 0 spiro atoms. The second-order valence-electron chi connectivity index (χ2n) is 6.55. The van der Waals surface area contributed by atoms with Crippen molar-refractivity contribution in [3.8, 4) is 5.75 Å². The summed E-state index contributed by atoms with van der Waals surface area (Å²) in [6.07, 6.45) is 5.17. The number of hydrogen-bond acceptors (Lipinski definition) is 3. The number of para-hydroxylation sites is 1. The molecule has 4 nitrogen and oxygen atoms in total. The number of benzene rings is 2. The number of nitrogens with one attached hydrogen (secondary N) is 1. The molecule has 0 unspecified atom stereocenters. The number of carbonyl (C=O) groups excluding carboxylic acids is 1. The molecule has 0 aliphatic carbocycles. The number of carbonyl (C=O) groups is 1. The van der Waals surface area contributed by atoms with Gasteiger partial charge in [0, 0.05) is 36.8 Å². The zero-order valence-electron chi connectivity index (χ0n) is 15.1. The topological polar surface area (TPSA) is 47.6 Å². The van der Waals surface area contributed by atoms with Gasteiger partial charge in [0.15, 0.2) is 0 Å². The van der Waals surface area contributed by atoms with Gasteiger partial charge in [-0.25, -0.2) is 0 Å². The molecule has 1 saturated heterocycles. The van der Waals surface area contributed by atoms with E-state index in [1.165, 1.54) is 5.56 Å². The Morgan fingerprint density at radius 1 is 1.12 bits per heavy atom. The summed E-state index contributed by atoms with van der Waals surface area (Å²) in [6.45, 7) is 2.05. The molecule has 0 radical (unpaired) electrons. The number of methoxy groups -OCH3 is 1. The molecule has 0 atom stereocenters. The van der Waals surface area contributed by atoms with Crippen LogP contribution < -0.4 is 10.1 Å². The molecule has 1 heterocycles. The van der Waals surface area contributed by atoms with Crippen LogP contribution >= 0.6 is 0 Å². The molecule has 4 heteroatoms. The van der Waals surface area contributed by atoms with E-state index >= 15 is 0 Å². The molecule has 1 amide bonds. The van der Waals surface area contributed by atoms with Gasteiger partial charge in [0.05, 0.1) is 7.11 Å². The molecular formula is C22H25NO3. The van der Waals surface area contributed by atoms with Crippen molar-refractivity contribution in [3.63, 3.8) is 0 Å². The Balaban J connectivity index is 1.67. The van der Waals surface area contributed by atoms with Gasteiger partial charge in [-0.15, -0.1) is 0 Å². The number of rotatable bonds is 6. The predicted molar refractivity (Wildman–Crippen MR) is 103 cm³/mol. The molecule has 1 aliphatic heterocycles. The fourth-order valence-corrected chi connectivity index (χ4v) is 3.41. The fourth-order valence-electron chi connectivity index (χ4n) is 3.41. The van der Waals surface area contributed by atoms with Gasteiger partial charge >= 0.3 is 0 Å². The van der Waals surface area contributed by atoms with Crippen molar-refractivity contribution in [2.45, 2.75) is 18.3 Å². The Hall–Kier alpha value is -2.59. The minimum Gasteiger partial charge on any atom is -0.496 e. The molecule has 136 valence electrons. The molecule has 0 aromatic heterocycles. The van der Waals surface area contributed by atoms with Gasteiger partial charge in [0.25, 0.3) is 0 Å². The molecule has 3 rings (SSSR count). The van der Waals surface area contributed by atoms with Crippen LogP contribution in [0.1, 0.15) is 24.0 Å². The summed E-state index contributed by atoms with van der Waals surface area (Å²) in [5.74, 6) is 0.652. The first kappa shape index (κ1) is 18.2. The number of amides is 1. The van der Waals surface area contributed by atoms with Crippen LogP contribution in [0, 0.1) is 0 Å². The zero-order valence-corrected chi connectivity index (χ0v) is 15.1. The van der Waals surface area contributed by atoms with Crippen LogP contribution in [-0.2, 0) is 14.9 Å². The lowest BCUT2D eigenvalue weighted by atomic mass is 9.74. The molecule has 1 aliphatic rings. The van der Waals surface area contributed by atoms with E-state index in [-0.39, 0.29) is 11.3 Å². The first-order valence-corrected chi connectivity index (χ1v) is 8.96. The third-order valence-electron chi connectivity index (χ3n) is 4.99. The maximum absolute atomic E-state index is 12.4. The normalized spacial score (nSPS) is 16.3. The van der Waals surface area contributed by atoms with E-state index in [1.807, 2.05) is 30.3 Å². The van der Waals surface area contributed by atoms with Gasteiger partial charge in [-0.1, -0.05) is 48.5 Å². The van der Waals surface area contributed by atoms with Crippen LogP contribution in [0.15, 0.2) is 60.7 Å². The van der Waals surface area contributed by atoms with Crippen LogP contribution in [-0.4, -0.2) is 32.8 Å². The Labute approximate surface area is 154 Å². The average Bonchev–Trinajstić information content (AvgIpc) is 2.72. The Bertz CT molecular complexity index is 749. The number of hydrogen-bond donors (Lipinski definition) is 1. The second kappa shape index (κ2) is 8.68. The van der Waals surface area contributed by atoms with E-state index in [9.17, 15) is 4.79 Å². The molecular weight excluding hydrogens is 326 g/mol. The number of ether oxygens (including phenoxy) is 2. The van der Waals surface area contributed by atoms with Gasteiger partial charge in [0.1, 0.15) is 5.75 Å². The van der Waals surface area contributed by atoms with E-state index in [0.29, 0.717) is 6.54 Å². The van der Waals surface area contributed by atoms with E-state index < -0.39 is 0 Å². The summed E-state index contributed by atoms with van der Waals surface area (Å²) in [5, 5.41) is 3.08. The van der Waals surface area contributed by atoms with Gasteiger partial charge in [-0.2, -0.15) is 0 Å². The van der Waals surface area contributed by atoms with Crippen LogP contribution in [0.25, 0.3) is 6.08 Å². The Morgan fingerprint density at radius 2 is 1.81 bits per heavy atom. The summed E-state index contributed by atoms with van der Waals surface area (Å²) < 4.78 is 10.9. The first-order chi connectivity index (χ1) is 12.7. The lowest BCUT2D eigenvalue weighted by Crippen LogP contribution is -2.44. The highest BCUT2D eigenvalue weighted by Crippen LogP contribution is 2.34. The molecule has 0 bridgehead atoms. The summed E-state index contributed by atoms with van der Waals surface area (Å²) >= 11 is 0. The zero-order chi connectivity index (χ0) is 18.2. The standard InChI is InChI=1S/C22H25NO3/c1-25-20-10-6-5-7-18(20)11-12-21(24)23-17-22(13-15-26-16-14-22)19-8-3-2-4-9-19/h2-12H,13-17H2,1H3,(H,23,24). The lowest BCUT2D eigenvalue weighted by Gasteiger charge is -2.37. The van der Waals surface area contributed by atoms with Crippen molar-refractivity contribution >= 4 is 12.0 Å². The summed E-state index contributed by atoms with van der Waals surface area (Å²) in [5.41, 5.74) is 2.08. The Kier molecular flexibility index (Phi) is 6.08. The quantitative estimate of drug-likeness (QED) is 0.810. The van der Waals surface area contributed by atoms with Crippen LogP contribution in [0.5, 0.6) is 5.75 Å². The smallest absolute Gasteiger partial charge is 0.244 e. The highest BCUT2D eigenvalue weighted by Gasteiger charge is 2.34. The van der Waals surface area contributed by atoms with Crippen molar-refractivity contribution < 1.29 is 14.3 Å². The molecule has 1 fully saturated rings. The fraction of sp³-hybridized carbons (Fsp3) is 0.318. The van der Waals surface area contributed by atoms with E-state index in [0.717, 1.165) is 37.4 Å². The van der Waals surface area contributed by atoms with E-state index in [4.69, 9.17) is 9.47 Å². The predicted octanol–water partition coefficient (Wildman–Crippen LogP) is 3.57.